The van der Waals surface area contributed by atoms with Crippen LogP contribution in [0.3, 0.4) is 0 Å². The Hall–Kier alpha value is -2.83. The molecule has 0 saturated heterocycles. The molecular formula is C13H12N4O3. The highest BCUT2D eigenvalue weighted by atomic mass is 16.7. The number of pyridine rings is 1. The van der Waals surface area contributed by atoms with E-state index in [0.29, 0.717) is 5.65 Å². The van der Waals surface area contributed by atoms with Gasteiger partial charge in [-0.1, -0.05) is 0 Å². The minimum Gasteiger partial charge on any atom is -0.434 e. The highest BCUT2D eigenvalue weighted by molar-refractivity contribution is 5.65. The maximum Gasteiger partial charge on any atom is 0.515 e. The number of hydrogen-bond acceptors (Lipinski definition) is 5. The summed E-state index contributed by atoms with van der Waals surface area (Å²) in [4.78, 5) is 15.4. The van der Waals surface area contributed by atoms with Crippen molar-refractivity contribution in [1.29, 1.82) is 0 Å². The van der Waals surface area contributed by atoms with E-state index in [2.05, 4.69) is 15.2 Å². The molecule has 0 unspecified atom stereocenters. The summed E-state index contributed by atoms with van der Waals surface area (Å²) >= 11 is 0. The van der Waals surface area contributed by atoms with Gasteiger partial charge in [-0.3, -0.25) is 5.10 Å². The van der Waals surface area contributed by atoms with E-state index in [1.165, 1.54) is 0 Å². The van der Waals surface area contributed by atoms with E-state index >= 15 is 0 Å². The van der Waals surface area contributed by atoms with E-state index in [1.807, 2.05) is 18.3 Å². The molecule has 0 aliphatic rings. The zero-order valence-electron chi connectivity index (χ0n) is 10.7. The van der Waals surface area contributed by atoms with Gasteiger partial charge in [0.1, 0.15) is 5.65 Å². The Balaban J connectivity index is 1.89. The average Bonchev–Trinajstić information content (AvgIpc) is 3.06. The minimum absolute atomic E-state index is 0.202. The van der Waals surface area contributed by atoms with Crippen molar-refractivity contribution in [2.45, 2.75) is 6.92 Å². The van der Waals surface area contributed by atoms with Crippen LogP contribution in [-0.4, -0.2) is 32.3 Å². The van der Waals surface area contributed by atoms with E-state index in [4.69, 9.17) is 9.47 Å². The molecule has 7 heteroatoms. The summed E-state index contributed by atoms with van der Waals surface area (Å²) < 4.78 is 11.4. The molecule has 0 atom stereocenters. The molecular weight excluding hydrogens is 260 g/mol. The van der Waals surface area contributed by atoms with Crippen LogP contribution in [0.2, 0.25) is 0 Å². The minimum atomic E-state index is -0.758. The first-order valence-electron chi connectivity index (χ1n) is 6.09. The van der Waals surface area contributed by atoms with Crippen LogP contribution in [0.5, 0.6) is 5.88 Å². The smallest absolute Gasteiger partial charge is 0.434 e. The monoisotopic (exact) mass is 272 g/mol. The third-order valence-electron chi connectivity index (χ3n) is 2.71. The summed E-state index contributed by atoms with van der Waals surface area (Å²) in [7, 11) is 0. The Morgan fingerprint density at radius 3 is 3.00 bits per heavy atom. The molecule has 3 aromatic rings. The quantitative estimate of drug-likeness (QED) is 0.739. The van der Waals surface area contributed by atoms with Gasteiger partial charge in [-0.25, -0.2) is 4.79 Å². The van der Waals surface area contributed by atoms with Gasteiger partial charge in [0, 0.05) is 23.5 Å². The zero-order chi connectivity index (χ0) is 13.9. The van der Waals surface area contributed by atoms with Gasteiger partial charge in [0.15, 0.2) is 0 Å². The molecule has 0 aromatic carbocycles. The van der Waals surface area contributed by atoms with Crippen molar-refractivity contribution < 1.29 is 14.3 Å². The molecule has 0 amide bonds. The molecule has 102 valence electrons. The first-order valence-corrected chi connectivity index (χ1v) is 6.09. The normalized spacial score (nSPS) is 10.7. The van der Waals surface area contributed by atoms with Crippen molar-refractivity contribution in [3.8, 4) is 17.0 Å². The third-order valence-corrected chi connectivity index (χ3v) is 2.71. The molecule has 0 spiro atoms. The van der Waals surface area contributed by atoms with Gasteiger partial charge < -0.3 is 13.9 Å². The van der Waals surface area contributed by atoms with Gasteiger partial charge in [-0.05, 0) is 19.1 Å². The summed E-state index contributed by atoms with van der Waals surface area (Å²) in [5, 5.41) is 6.67. The standard InChI is InChI=1S/C13H12N4O3/c1-2-19-13(18)20-12-8-17-7-9(3-4-11(17)16-12)10-5-14-15-6-10/h3-8H,2H2,1H3,(H,14,15). The molecule has 0 aliphatic carbocycles. The molecule has 0 fully saturated rings. The molecule has 20 heavy (non-hydrogen) atoms. The van der Waals surface area contributed by atoms with Gasteiger partial charge in [0.2, 0.25) is 5.88 Å². The predicted octanol–water partition coefficient (Wildman–Crippen LogP) is 2.26. The maximum absolute atomic E-state index is 11.2. The molecule has 0 aliphatic heterocycles. The number of fused-ring (bicyclic) bond motifs is 1. The van der Waals surface area contributed by atoms with Crippen LogP contribution in [0, 0.1) is 0 Å². The van der Waals surface area contributed by atoms with E-state index in [9.17, 15) is 4.79 Å². The van der Waals surface area contributed by atoms with Crippen LogP contribution in [0.25, 0.3) is 16.8 Å². The van der Waals surface area contributed by atoms with Gasteiger partial charge >= 0.3 is 6.16 Å². The Morgan fingerprint density at radius 1 is 1.35 bits per heavy atom. The number of rotatable bonds is 3. The number of ether oxygens (including phenoxy) is 2. The fraction of sp³-hybridized carbons (Fsp3) is 0.154. The highest BCUT2D eigenvalue weighted by Crippen LogP contribution is 2.20. The lowest BCUT2D eigenvalue weighted by atomic mass is 10.2. The van der Waals surface area contributed by atoms with Crippen LogP contribution in [0.1, 0.15) is 6.92 Å². The van der Waals surface area contributed by atoms with E-state index < -0.39 is 6.16 Å². The predicted molar refractivity (Wildman–Crippen MR) is 70.4 cm³/mol. The SMILES string of the molecule is CCOC(=O)Oc1cn2cc(-c3cn[nH]c3)ccc2n1. The lowest BCUT2D eigenvalue weighted by Gasteiger charge is -1.98. The fourth-order valence-corrected chi connectivity index (χ4v) is 1.83. The van der Waals surface area contributed by atoms with E-state index in [0.717, 1.165) is 11.1 Å². The number of aromatic nitrogens is 4. The number of nitrogens with zero attached hydrogens (tertiary/aromatic N) is 3. The molecule has 0 saturated carbocycles. The summed E-state index contributed by atoms with van der Waals surface area (Å²) in [6, 6.07) is 3.75. The van der Waals surface area contributed by atoms with Crippen molar-refractivity contribution in [3.05, 3.63) is 36.9 Å². The van der Waals surface area contributed by atoms with Crippen LogP contribution in [0.15, 0.2) is 36.9 Å². The molecule has 0 bridgehead atoms. The first kappa shape index (κ1) is 12.2. The topological polar surface area (TPSA) is 81.5 Å². The number of carbonyl (C=O) groups is 1. The van der Waals surface area contributed by atoms with Gasteiger partial charge in [0.05, 0.1) is 19.0 Å². The fourth-order valence-electron chi connectivity index (χ4n) is 1.83. The summed E-state index contributed by atoms with van der Waals surface area (Å²) in [5.74, 6) is 0.202. The Kier molecular flexibility index (Phi) is 3.08. The van der Waals surface area contributed by atoms with Crippen molar-refractivity contribution in [2.24, 2.45) is 0 Å². The van der Waals surface area contributed by atoms with Crippen LogP contribution in [-0.2, 0) is 4.74 Å². The summed E-state index contributed by atoms with van der Waals surface area (Å²) in [6.45, 7) is 1.97. The molecule has 3 heterocycles. The van der Waals surface area contributed by atoms with Crippen LogP contribution < -0.4 is 4.74 Å². The number of hydrogen-bond donors (Lipinski definition) is 1. The van der Waals surface area contributed by atoms with Crippen molar-refractivity contribution in [3.63, 3.8) is 0 Å². The zero-order valence-corrected chi connectivity index (χ0v) is 10.7. The van der Waals surface area contributed by atoms with Crippen molar-refractivity contribution >= 4 is 11.8 Å². The number of aromatic amines is 1. The van der Waals surface area contributed by atoms with Crippen LogP contribution >= 0.6 is 0 Å². The van der Waals surface area contributed by atoms with Gasteiger partial charge in [-0.15, -0.1) is 0 Å². The van der Waals surface area contributed by atoms with E-state index in [-0.39, 0.29) is 12.5 Å². The second-order valence-corrected chi connectivity index (χ2v) is 4.03. The third kappa shape index (κ3) is 2.33. The van der Waals surface area contributed by atoms with Gasteiger partial charge in [-0.2, -0.15) is 10.1 Å². The number of nitrogens with one attached hydrogen (secondary N) is 1. The lowest BCUT2D eigenvalue weighted by Crippen LogP contribution is -2.10. The molecule has 3 rings (SSSR count). The Labute approximate surface area is 114 Å². The largest absolute Gasteiger partial charge is 0.515 e. The molecule has 0 radical (unpaired) electrons. The highest BCUT2D eigenvalue weighted by Gasteiger charge is 2.10. The lowest BCUT2D eigenvalue weighted by molar-refractivity contribution is 0.103. The number of imidazole rings is 1. The molecule has 3 aromatic heterocycles. The average molecular weight is 272 g/mol. The Bertz CT molecular complexity index is 733. The second-order valence-electron chi connectivity index (χ2n) is 4.03. The van der Waals surface area contributed by atoms with Crippen LogP contribution in [0.4, 0.5) is 4.79 Å². The van der Waals surface area contributed by atoms with Crippen molar-refractivity contribution in [1.82, 2.24) is 19.6 Å². The number of carbonyl (C=O) groups excluding carboxylic acids is 1. The van der Waals surface area contributed by atoms with E-state index in [1.54, 1.807) is 29.9 Å². The number of H-pyrrole nitrogens is 1. The second kappa shape index (κ2) is 5.04. The molecule has 1 N–H and O–H groups in total. The van der Waals surface area contributed by atoms with Crippen molar-refractivity contribution in [2.75, 3.05) is 6.61 Å². The maximum atomic E-state index is 11.2. The van der Waals surface area contributed by atoms with Gasteiger partial charge in [0.25, 0.3) is 0 Å². The first-order chi connectivity index (χ1) is 9.76. The summed E-state index contributed by atoms with van der Waals surface area (Å²) in [6.07, 6.45) is 6.27. The molecule has 7 nitrogen and oxygen atoms in total. The Morgan fingerprint density at radius 2 is 2.25 bits per heavy atom. The summed E-state index contributed by atoms with van der Waals surface area (Å²) in [5.41, 5.74) is 2.62.